The molecule has 2 heteroatoms. The fourth-order valence-corrected chi connectivity index (χ4v) is 2.39. The lowest BCUT2D eigenvalue weighted by Crippen LogP contribution is -1.96. The maximum absolute atomic E-state index is 4.68. The standard InChI is InChI=1S/C14H18N2/c1-9(2)11-4-7-14-13(8-11)15-10(3)16(14)12-5-6-12/h4,7-9,12H,5-6H2,1-3H3. The van der Waals surface area contributed by atoms with E-state index in [0.717, 1.165) is 11.6 Å². The smallest absolute Gasteiger partial charge is 0.106 e. The van der Waals surface area contributed by atoms with Crippen molar-refractivity contribution in [3.63, 3.8) is 0 Å². The van der Waals surface area contributed by atoms with Crippen molar-refractivity contribution in [2.24, 2.45) is 0 Å². The van der Waals surface area contributed by atoms with Gasteiger partial charge in [-0.05, 0) is 43.4 Å². The van der Waals surface area contributed by atoms with Crippen LogP contribution in [0.15, 0.2) is 18.2 Å². The number of imidazole rings is 1. The Morgan fingerprint density at radius 1 is 1.31 bits per heavy atom. The number of aryl methyl sites for hydroxylation is 1. The highest BCUT2D eigenvalue weighted by Crippen LogP contribution is 2.38. The van der Waals surface area contributed by atoms with E-state index in [2.05, 4.69) is 48.5 Å². The Morgan fingerprint density at radius 3 is 2.69 bits per heavy atom. The monoisotopic (exact) mass is 214 g/mol. The lowest BCUT2D eigenvalue weighted by molar-refractivity contribution is 0.734. The molecular formula is C14H18N2. The molecule has 1 saturated carbocycles. The maximum atomic E-state index is 4.68. The fraction of sp³-hybridized carbons (Fsp3) is 0.500. The summed E-state index contributed by atoms with van der Waals surface area (Å²) in [5, 5.41) is 0. The van der Waals surface area contributed by atoms with E-state index >= 15 is 0 Å². The molecule has 0 radical (unpaired) electrons. The van der Waals surface area contributed by atoms with Gasteiger partial charge in [0.1, 0.15) is 5.82 Å². The van der Waals surface area contributed by atoms with Crippen molar-refractivity contribution in [2.45, 2.75) is 45.6 Å². The summed E-state index contributed by atoms with van der Waals surface area (Å²) in [6.07, 6.45) is 2.64. The third-order valence-electron chi connectivity index (χ3n) is 3.47. The average molecular weight is 214 g/mol. The van der Waals surface area contributed by atoms with Crippen LogP contribution in [0.1, 0.15) is 50.0 Å². The molecule has 16 heavy (non-hydrogen) atoms. The normalized spacial score (nSPS) is 16.2. The topological polar surface area (TPSA) is 17.8 Å². The summed E-state index contributed by atoms with van der Waals surface area (Å²) >= 11 is 0. The number of benzene rings is 1. The number of fused-ring (bicyclic) bond motifs is 1. The molecule has 1 aliphatic rings. The summed E-state index contributed by atoms with van der Waals surface area (Å²) in [6, 6.07) is 7.44. The Kier molecular flexibility index (Phi) is 2.06. The molecule has 0 spiro atoms. The first kappa shape index (κ1) is 9.88. The zero-order valence-corrected chi connectivity index (χ0v) is 10.2. The van der Waals surface area contributed by atoms with Crippen LogP contribution < -0.4 is 0 Å². The van der Waals surface area contributed by atoms with Crippen molar-refractivity contribution in [3.8, 4) is 0 Å². The van der Waals surface area contributed by atoms with Gasteiger partial charge in [0.15, 0.2) is 0 Å². The molecule has 0 saturated heterocycles. The zero-order chi connectivity index (χ0) is 11.3. The summed E-state index contributed by atoms with van der Waals surface area (Å²) in [6.45, 7) is 6.57. The van der Waals surface area contributed by atoms with E-state index in [4.69, 9.17) is 0 Å². The molecule has 1 fully saturated rings. The second-order valence-corrected chi connectivity index (χ2v) is 5.16. The molecule has 0 unspecified atom stereocenters. The van der Waals surface area contributed by atoms with E-state index in [-0.39, 0.29) is 0 Å². The Balaban J connectivity index is 2.19. The van der Waals surface area contributed by atoms with E-state index in [9.17, 15) is 0 Å². The van der Waals surface area contributed by atoms with Gasteiger partial charge in [-0.15, -0.1) is 0 Å². The highest BCUT2D eigenvalue weighted by atomic mass is 15.1. The Bertz CT molecular complexity index is 533. The quantitative estimate of drug-likeness (QED) is 0.743. The predicted molar refractivity (Wildman–Crippen MR) is 66.8 cm³/mol. The van der Waals surface area contributed by atoms with Gasteiger partial charge in [0.05, 0.1) is 11.0 Å². The van der Waals surface area contributed by atoms with Crippen molar-refractivity contribution in [1.29, 1.82) is 0 Å². The lowest BCUT2D eigenvalue weighted by Gasteiger charge is -2.06. The molecular weight excluding hydrogens is 196 g/mol. The van der Waals surface area contributed by atoms with Crippen LogP contribution in [0.3, 0.4) is 0 Å². The second kappa shape index (κ2) is 3.34. The van der Waals surface area contributed by atoms with Gasteiger partial charge in [0.25, 0.3) is 0 Å². The van der Waals surface area contributed by atoms with E-state index in [1.165, 1.54) is 29.7 Å². The number of hydrogen-bond donors (Lipinski definition) is 0. The fourth-order valence-electron chi connectivity index (χ4n) is 2.39. The molecule has 3 rings (SSSR count). The minimum atomic E-state index is 0.579. The first-order valence-electron chi connectivity index (χ1n) is 6.15. The zero-order valence-electron chi connectivity index (χ0n) is 10.2. The van der Waals surface area contributed by atoms with Gasteiger partial charge in [-0.25, -0.2) is 4.98 Å². The molecule has 1 aromatic heterocycles. The largest absolute Gasteiger partial charge is 0.325 e. The van der Waals surface area contributed by atoms with Crippen LogP contribution in [0.5, 0.6) is 0 Å². The van der Waals surface area contributed by atoms with Crippen molar-refractivity contribution < 1.29 is 0 Å². The average Bonchev–Trinajstić information content (AvgIpc) is 3.00. The minimum Gasteiger partial charge on any atom is -0.325 e. The first-order valence-corrected chi connectivity index (χ1v) is 6.15. The lowest BCUT2D eigenvalue weighted by atomic mass is 10.0. The van der Waals surface area contributed by atoms with Crippen LogP contribution in [-0.2, 0) is 0 Å². The van der Waals surface area contributed by atoms with Gasteiger partial charge in [-0.1, -0.05) is 19.9 Å². The van der Waals surface area contributed by atoms with E-state index in [1.807, 2.05) is 0 Å². The maximum Gasteiger partial charge on any atom is 0.106 e. The van der Waals surface area contributed by atoms with Gasteiger partial charge >= 0.3 is 0 Å². The SMILES string of the molecule is Cc1nc2cc(C(C)C)ccc2n1C1CC1. The van der Waals surface area contributed by atoms with Crippen molar-refractivity contribution in [2.75, 3.05) is 0 Å². The molecule has 2 aromatic rings. The van der Waals surface area contributed by atoms with Crippen LogP contribution in [0, 0.1) is 6.92 Å². The van der Waals surface area contributed by atoms with Crippen LogP contribution >= 0.6 is 0 Å². The molecule has 0 atom stereocenters. The van der Waals surface area contributed by atoms with Crippen LogP contribution in [0.4, 0.5) is 0 Å². The molecule has 0 amide bonds. The second-order valence-electron chi connectivity index (χ2n) is 5.16. The first-order chi connectivity index (χ1) is 7.66. The van der Waals surface area contributed by atoms with E-state index < -0.39 is 0 Å². The van der Waals surface area contributed by atoms with Crippen LogP contribution in [0.2, 0.25) is 0 Å². The van der Waals surface area contributed by atoms with Gasteiger partial charge in [0.2, 0.25) is 0 Å². The van der Waals surface area contributed by atoms with Crippen LogP contribution in [-0.4, -0.2) is 9.55 Å². The van der Waals surface area contributed by atoms with Crippen molar-refractivity contribution >= 4 is 11.0 Å². The van der Waals surface area contributed by atoms with Crippen molar-refractivity contribution in [1.82, 2.24) is 9.55 Å². The molecule has 2 nitrogen and oxygen atoms in total. The summed E-state index contributed by atoms with van der Waals surface area (Å²) in [5.41, 5.74) is 3.85. The molecule has 0 N–H and O–H groups in total. The molecule has 0 bridgehead atoms. The Labute approximate surface area is 96.3 Å². The Morgan fingerprint density at radius 2 is 2.06 bits per heavy atom. The molecule has 1 aromatic carbocycles. The third-order valence-corrected chi connectivity index (χ3v) is 3.47. The predicted octanol–water partition coefficient (Wildman–Crippen LogP) is 3.80. The summed E-state index contributed by atoms with van der Waals surface area (Å²) < 4.78 is 2.40. The molecule has 0 aliphatic heterocycles. The highest BCUT2D eigenvalue weighted by molar-refractivity contribution is 5.77. The van der Waals surface area contributed by atoms with Gasteiger partial charge in [-0.3, -0.25) is 0 Å². The number of nitrogens with zero attached hydrogens (tertiary/aromatic N) is 2. The van der Waals surface area contributed by atoms with Gasteiger partial charge < -0.3 is 4.57 Å². The highest BCUT2D eigenvalue weighted by Gasteiger charge is 2.26. The molecule has 1 heterocycles. The van der Waals surface area contributed by atoms with Gasteiger partial charge in [0, 0.05) is 6.04 Å². The number of hydrogen-bond acceptors (Lipinski definition) is 1. The summed E-state index contributed by atoms with van der Waals surface area (Å²) in [5.74, 6) is 1.74. The molecule has 84 valence electrons. The minimum absolute atomic E-state index is 0.579. The Hall–Kier alpha value is -1.31. The third kappa shape index (κ3) is 1.44. The summed E-state index contributed by atoms with van der Waals surface area (Å²) in [4.78, 5) is 4.68. The summed E-state index contributed by atoms with van der Waals surface area (Å²) in [7, 11) is 0. The number of rotatable bonds is 2. The van der Waals surface area contributed by atoms with E-state index in [0.29, 0.717) is 5.92 Å². The number of aromatic nitrogens is 2. The molecule has 1 aliphatic carbocycles. The van der Waals surface area contributed by atoms with E-state index in [1.54, 1.807) is 0 Å². The van der Waals surface area contributed by atoms with Gasteiger partial charge in [-0.2, -0.15) is 0 Å². The van der Waals surface area contributed by atoms with Crippen molar-refractivity contribution in [3.05, 3.63) is 29.6 Å². The van der Waals surface area contributed by atoms with Crippen LogP contribution in [0.25, 0.3) is 11.0 Å².